The lowest BCUT2D eigenvalue weighted by atomic mass is 10.1. The number of carbonyl (C=O) groups is 4. The van der Waals surface area contributed by atoms with Gasteiger partial charge in [0.1, 0.15) is 19.8 Å². The van der Waals surface area contributed by atoms with Crippen LogP contribution in [0.25, 0.3) is 0 Å². The van der Waals surface area contributed by atoms with Crippen LogP contribution in [0, 0.1) is 24.7 Å². The lowest BCUT2D eigenvalue weighted by Crippen LogP contribution is -2.25. The maximum Gasteiger partial charge on any atom is 0.411 e. The zero-order valence-corrected chi connectivity index (χ0v) is 23.2. The molecule has 0 saturated heterocycles. The van der Waals surface area contributed by atoms with Crippen LogP contribution in [0.15, 0.2) is 72.8 Å². The molecule has 0 fully saturated rings. The van der Waals surface area contributed by atoms with Crippen molar-refractivity contribution in [3.63, 3.8) is 0 Å². The van der Waals surface area contributed by atoms with E-state index in [2.05, 4.69) is 33.1 Å². The fraction of sp³-hybridized carbons (Fsp3) is 0.188. The van der Waals surface area contributed by atoms with E-state index in [1.807, 2.05) is 30.3 Å². The minimum absolute atomic E-state index is 0.0159. The van der Waals surface area contributed by atoms with Gasteiger partial charge in [0, 0.05) is 16.8 Å². The highest BCUT2D eigenvalue weighted by atomic mass is 16.6. The summed E-state index contributed by atoms with van der Waals surface area (Å²) in [6, 6.07) is 21.1. The van der Waals surface area contributed by atoms with Crippen LogP contribution in [-0.2, 0) is 45.2 Å². The van der Waals surface area contributed by atoms with Crippen molar-refractivity contribution < 1.29 is 33.4 Å². The van der Waals surface area contributed by atoms with Gasteiger partial charge >= 0.3 is 18.3 Å². The number of anilines is 2. The molecule has 4 N–H and O–H groups in total. The van der Waals surface area contributed by atoms with E-state index in [9.17, 15) is 19.2 Å². The Labute approximate surface area is 249 Å². The summed E-state index contributed by atoms with van der Waals surface area (Å²) in [5.41, 5.74) is 3.23. The molecule has 43 heavy (non-hydrogen) atoms. The minimum Gasteiger partial charge on any atom is -0.445 e. The number of hydrogen-bond donors (Lipinski definition) is 4. The molecule has 0 aliphatic rings. The van der Waals surface area contributed by atoms with Crippen LogP contribution >= 0.6 is 0 Å². The lowest BCUT2D eigenvalue weighted by Gasteiger charge is -2.16. The van der Waals surface area contributed by atoms with Gasteiger partial charge in [-0.3, -0.25) is 10.1 Å². The van der Waals surface area contributed by atoms with E-state index in [0.29, 0.717) is 22.4 Å². The first-order valence-corrected chi connectivity index (χ1v) is 13.0. The fourth-order valence-electron chi connectivity index (χ4n) is 3.65. The average Bonchev–Trinajstić information content (AvgIpc) is 3.01. The van der Waals surface area contributed by atoms with Crippen molar-refractivity contribution in [2.45, 2.75) is 26.2 Å². The Morgan fingerprint density at radius 3 is 1.72 bits per heavy atom. The standard InChI is InChI=1S/C32H30N4O7/c1-3-17-33-30(38)42-21-25-11-8-12-26(22-43-31(39)34-18-4-2)29(25)36-32(40)41-20-24-13-15-27(16-14-24)35-28(37)19-23-9-6-5-7-10-23/h1-2,5-16H,17-22H2,(H,33,38)(H,34,39)(H,35,37)(H,36,40). The molecular weight excluding hydrogens is 552 g/mol. The summed E-state index contributed by atoms with van der Waals surface area (Å²) in [7, 11) is 0. The smallest absolute Gasteiger partial charge is 0.411 e. The van der Waals surface area contributed by atoms with Gasteiger partial charge in [-0.15, -0.1) is 12.8 Å². The van der Waals surface area contributed by atoms with Crippen molar-refractivity contribution in [1.82, 2.24) is 10.6 Å². The Morgan fingerprint density at radius 2 is 1.16 bits per heavy atom. The summed E-state index contributed by atoms with van der Waals surface area (Å²) in [6.07, 6.45) is 8.22. The van der Waals surface area contributed by atoms with Crippen molar-refractivity contribution in [2.24, 2.45) is 0 Å². The Hall–Kier alpha value is -5.94. The highest BCUT2D eigenvalue weighted by molar-refractivity contribution is 5.92. The fourth-order valence-corrected chi connectivity index (χ4v) is 3.65. The molecule has 220 valence electrons. The summed E-state index contributed by atoms with van der Waals surface area (Å²) >= 11 is 0. The molecule has 0 spiro atoms. The summed E-state index contributed by atoms with van der Waals surface area (Å²) in [5.74, 6) is 4.37. The molecule has 0 unspecified atom stereocenters. The first-order valence-electron chi connectivity index (χ1n) is 13.0. The zero-order chi connectivity index (χ0) is 30.9. The highest BCUT2D eigenvalue weighted by Crippen LogP contribution is 2.24. The number of benzene rings is 3. The summed E-state index contributed by atoms with van der Waals surface area (Å²) < 4.78 is 15.7. The summed E-state index contributed by atoms with van der Waals surface area (Å²) in [4.78, 5) is 48.8. The third-order valence-electron chi connectivity index (χ3n) is 5.67. The molecule has 11 heteroatoms. The number of carbonyl (C=O) groups excluding carboxylic acids is 4. The predicted octanol–water partition coefficient (Wildman–Crippen LogP) is 4.34. The van der Waals surface area contributed by atoms with E-state index in [1.165, 1.54) is 0 Å². The van der Waals surface area contributed by atoms with Gasteiger partial charge in [0.25, 0.3) is 0 Å². The number of hydrogen-bond acceptors (Lipinski definition) is 7. The van der Waals surface area contributed by atoms with Gasteiger partial charge in [-0.25, -0.2) is 14.4 Å². The van der Waals surface area contributed by atoms with Crippen LogP contribution in [0.5, 0.6) is 0 Å². The number of nitrogens with one attached hydrogen (secondary N) is 4. The molecular formula is C32H30N4O7. The molecule has 0 heterocycles. The van der Waals surface area contributed by atoms with Gasteiger partial charge in [-0.05, 0) is 23.3 Å². The molecule has 3 rings (SSSR count). The number of para-hydroxylation sites is 1. The van der Waals surface area contributed by atoms with Gasteiger partial charge < -0.3 is 30.2 Å². The zero-order valence-electron chi connectivity index (χ0n) is 23.2. The Balaban J connectivity index is 1.61. The van der Waals surface area contributed by atoms with Gasteiger partial charge in [-0.2, -0.15) is 0 Å². The monoisotopic (exact) mass is 582 g/mol. The first-order chi connectivity index (χ1) is 20.9. The van der Waals surface area contributed by atoms with Crippen LogP contribution in [-0.4, -0.2) is 37.3 Å². The summed E-state index contributed by atoms with van der Waals surface area (Å²) in [6.45, 7) is -0.547. The molecule has 0 aliphatic heterocycles. The van der Waals surface area contributed by atoms with E-state index >= 15 is 0 Å². The second-order valence-electron chi connectivity index (χ2n) is 8.83. The predicted molar refractivity (Wildman–Crippen MR) is 160 cm³/mol. The molecule has 0 aromatic heterocycles. The van der Waals surface area contributed by atoms with Crippen molar-refractivity contribution in [3.05, 3.63) is 95.1 Å². The maximum absolute atomic E-state index is 12.8. The van der Waals surface area contributed by atoms with E-state index < -0.39 is 18.3 Å². The van der Waals surface area contributed by atoms with E-state index in [-0.39, 0.29) is 50.9 Å². The number of rotatable bonds is 12. The Kier molecular flexibility index (Phi) is 12.5. The van der Waals surface area contributed by atoms with Gasteiger partial charge in [0.05, 0.1) is 25.2 Å². The number of terminal acetylenes is 2. The quantitative estimate of drug-likeness (QED) is 0.184. The van der Waals surface area contributed by atoms with E-state index in [4.69, 9.17) is 27.1 Å². The topological polar surface area (TPSA) is 144 Å². The third-order valence-corrected chi connectivity index (χ3v) is 5.67. The van der Waals surface area contributed by atoms with E-state index in [1.54, 1.807) is 42.5 Å². The van der Waals surface area contributed by atoms with Crippen molar-refractivity contribution in [3.8, 4) is 24.7 Å². The summed E-state index contributed by atoms with van der Waals surface area (Å²) in [5, 5.41) is 10.2. The second-order valence-corrected chi connectivity index (χ2v) is 8.83. The van der Waals surface area contributed by atoms with Crippen LogP contribution < -0.4 is 21.3 Å². The number of amides is 4. The SMILES string of the molecule is C#CCNC(=O)OCc1cccc(COC(=O)NCC#C)c1NC(=O)OCc1ccc(NC(=O)Cc2ccccc2)cc1. The largest absolute Gasteiger partial charge is 0.445 e. The molecule has 4 amide bonds. The number of alkyl carbamates (subject to hydrolysis) is 2. The van der Waals surface area contributed by atoms with Crippen molar-refractivity contribution in [2.75, 3.05) is 23.7 Å². The average molecular weight is 583 g/mol. The number of ether oxygens (including phenoxy) is 3. The molecule has 3 aromatic carbocycles. The third kappa shape index (κ3) is 11.2. The van der Waals surface area contributed by atoms with Crippen LogP contribution in [0.4, 0.5) is 25.8 Å². The molecule has 0 bridgehead atoms. The molecule has 11 nitrogen and oxygen atoms in total. The molecule has 0 saturated carbocycles. The Morgan fingerprint density at radius 1 is 0.605 bits per heavy atom. The lowest BCUT2D eigenvalue weighted by molar-refractivity contribution is -0.115. The Bertz CT molecular complexity index is 1440. The van der Waals surface area contributed by atoms with Crippen LogP contribution in [0.3, 0.4) is 0 Å². The molecule has 3 aromatic rings. The maximum atomic E-state index is 12.8. The normalized spacial score (nSPS) is 9.81. The van der Waals surface area contributed by atoms with Crippen molar-refractivity contribution >= 4 is 35.6 Å². The minimum atomic E-state index is -0.803. The molecule has 0 atom stereocenters. The highest BCUT2D eigenvalue weighted by Gasteiger charge is 2.16. The van der Waals surface area contributed by atoms with Crippen LogP contribution in [0.1, 0.15) is 22.3 Å². The molecule has 0 radical (unpaired) electrons. The molecule has 0 aliphatic carbocycles. The van der Waals surface area contributed by atoms with Gasteiger partial charge in [0.2, 0.25) is 5.91 Å². The van der Waals surface area contributed by atoms with Gasteiger partial charge in [0.15, 0.2) is 0 Å². The van der Waals surface area contributed by atoms with Crippen molar-refractivity contribution in [1.29, 1.82) is 0 Å². The van der Waals surface area contributed by atoms with Gasteiger partial charge in [-0.1, -0.05) is 72.5 Å². The van der Waals surface area contributed by atoms with Crippen LogP contribution in [0.2, 0.25) is 0 Å². The first kappa shape index (κ1) is 31.6. The van der Waals surface area contributed by atoms with E-state index in [0.717, 1.165) is 5.56 Å². The second kappa shape index (κ2) is 17.0.